The molecule has 18 heavy (non-hydrogen) atoms. The molecule has 4 heteroatoms. The highest BCUT2D eigenvalue weighted by Gasteiger charge is 2.12. The van der Waals surface area contributed by atoms with E-state index >= 15 is 0 Å². The monoisotopic (exact) mass is 251 g/mol. The first-order valence-corrected chi connectivity index (χ1v) is 6.20. The molecule has 0 aliphatic carbocycles. The molecule has 0 spiro atoms. The van der Waals surface area contributed by atoms with Crippen molar-refractivity contribution >= 4 is 0 Å². The number of rotatable bonds is 9. The normalized spacial score (nSPS) is 12.6. The van der Waals surface area contributed by atoms with Crippen molar-refractivity contribution in [1.29, 1.82) is 0 Å². The van der Waals surface area contributed by atoms with Gasteiger partial charge in [-0.05, 0) is 25.1 Å². The first-order valence-electron chi connectivity index (χ1n) is 6.20. The third-order valence-electron chi connectivity index (χ3n) is 2.46. The van der Waals surface area contributed by atoms with Crippen LogP contribution < -0.4 is 0 Å². The Bertz CT molecular complexity index is 342. The maximum Gasteiger partial charge on any atom is 0.117 e. The van der Waals surface area contributed by atoms with Gasteiger partial charge in [-0.2, -0.15) is 0 Å². The van der Waals surface area contributed by atoms with Crippen LogP contribution in [0, 0.1) is 12.3 Å². The number of aliphatic hydroxyl groups is 1. The Labute approximate surface area is 109 Å². The molecule has 0 aliphatic rings. The number of nitrogens with zero attached hydrogens (tertiary/aromatic N) is 1. The lowest BCUT2D eigenvalue weighted by atomic mass is 10.3. The maximum atomic E-state index is 9.84. The van der Waals surface area contributed by atoms with Gasteiger partial charge in [-0.1, -0.05) is 12.8 Å². The average molecular weight is 251 g/mol. The predicted molar refractivity (Wildman–Crippen MR) is 69.9 cm³/mol. The zero-order chi connectivity index (χ0) is 13.2. The van der Waals surface area contributed by atoms with E-state index < -0.39 is 6.10 Å². The van der Waals surface area contributed by atoms with Crippen LogP contribution in [0.15, 0.2) is 22.8 Å². The highest BCUT2D eigenvalue weighted by Crippen LogP contribution is 2.07. The molecule has 1 aromatic heterocycles. The van der Waals surface area contributed by atoms with E-state index in [1.165, 1.54) is 0 Å². The molecule has 1 unspecified atom stereocenters. The summed E-state index contributed by atoms with van der Waals surface area (Å²) in [6.07, 6.45) is 7.23. The summed E-state index contributed by atoms with van der Waals surface area (Å²) in [5.41, 5.74) is 0. The summed E-state index contributed by atoms with van der Waals surface area (Å²) in [6.45, 7) is 4.78. The fourth-order valence-corrected chi connectivity index (χ4v) is 1.78. The number of hydrogen-bond donors (Lipinski definition) is 1. The van der Waals surface area contributed by atoms with E-state index in [2.05, 4.69) is 17.7 Å². The average Bonchev–Trinajstić information content (AvgIpc) is 2.82. The molecule has 0 aromatic carbocycles. The van der Waals surface area contributed by atoms with Crippen LogP contribution in [-0.4, -0.2) is 42.4 Å². The summed E-state index contributed by atoms with van der Waals surface area (Å²) in [4.78, 5) is 2.14. The van der Waals surface area contributed by atoms with Crippen molar-refractivity contribution in [3.8, 4) is 12.3 Å². The lowest BCUT2D eigenvalue weighted by Crippen LogP contribution is -2.35. The van der Waals surface area contributed by atoms with Crippen molar-refractivity contribution in [2.24, 2.45) is 0 Å². The van der Waals surface area contributed by atoms with Gasteiger partial charge in [-0.25, -0.2) is 0 Å². The quantitative estimate of drug-likeness (QED) is 0.534. The van der Waals surface area contributed by atoms with Gasteiger partial charge in [-0.15, -0.1) is 6.42 Å². The summed E-state index contributed by atoms with van der Waals surface area (Å²) in [5, 5.41) is 9.84. The van der Waals surface area contributed by atoms with Crippen LogP contribution in [0.4, 0.5) is 0 Å². The molecule has 0 fully saturated rings. The van der Waals surface area contributed by atoms with E-state index in [0.29, 0.717) is 13.1 Å². The van der Waals surface area contributed by atoms with Crippen molar-refractivity contribution in [1.82, 2.24) is 4.90 Å². The van der Waals surface area contributed by atoms with E-state index in [9.17, 15) is 5.11 Å². The van der Waals surface area contributed by atoms with Gasteiger partial charge < -0.3 is 14.3 Å². The van der Waals surface area contributed by atoms with Crippen LogP contribution in [0.5, 0.6) is 0 Å². The second kappa shape index (κ2) is 8.76. The van der Waals surface area contributed by atoms with Crippen molar-refractivity contribution in [3.05, 3.63) is 24.2 Å². The van der Waals surface area contributed by atoms with Gasteiger partial charge in [0.05, 0.1) is 25.5 Å². The third kappa shape index (κ3) is 5.87. The van der Waals surface area contributed by atoms with E-state index in [0.717, 1.165) is 18.7 Å². The van der Waals surface area contributed by atoms with Crippen LogP contribution in [0.3, 0.4) is 0 Å². The van der Waals surface area contributed by atoms with E-state index in [-0.39, 0.29) is 13.2 Å². The summed E-state index contributed by atoms with van der Waals surface area (Å²) in [6, 6.07) is 3.80. The molecule has 1 rings (SSSR count). The topological polar surface area (TPSA) is 45.8 Å². The molecule has 0 radical (unpaired) electrons. The van der Waals surface area contributed by atoms with Crippen LogP contribution in [0.2, 0.25) is 0 Å². The second-order valence-electron chi connectivity index (χ2n) is 4.19. The second-order valence-corrected chi connectivity index (χ2v) is 4.19. The molecule has 1 heterocycles. The molecule has 0 bridgehead atoms. The minimum absolute atomic E-state index is 0.239. The first-order chi connectivity index (χ1) is 8.76. The largest absolute Gasteiger partial charge is 0.468 e. The minimum atomic E-state index is -0.528. The SMILES string of the molecule is C#CCOCC(O)CN(CCC)Cc1ccco1. The lowest BCUT2D eigenvalue weighted by molar-refractivity contribution is 0.0249. The van der Waals surface area contributed by atoms with Crippen LogP contribution in [0.25, 0.3) is 0 Å². The summed E-state index contributed by atoms with van der Waals surface area (Å²) in [7, 11) is 0. The Morgan fingerprint density at radius 2 is 2.44 bits per heavy atom. The van der Waals surface area contributed by atoms with Gasteiger partial charge in [0.1, 0.15) is 12.4 Å². The third-order valence-corrected chi connectivity index (χ3v) is 2.46. The van der Waals surface area contributed by atoms with Crippen molar-refractivity contribution in [2.45, 2.75) is 26.0 Å². The summed E-state index contributed by atoms with van der Waals surface area (Å²) in [5.74, 6) is 3.28. The van der Waals surface area contributed by atoms with E-state index in [4.69, 9.17) is 15.6 Å². The number of furan rings is 1. The molecule has 1 atom stereocenters. The fourth-order valence-electron chi connectivity index (χ4n) is 1.78. The Hall–Kier alpha value is -1.28. The van der Waals surface area contributed by atoms with Crippen molar-refractivity contribution in [3.63, 3.8) is 0 Å². The Morgan fingerprint density at radius 1 is 1.61 bits per heavy atom. The van der Waals surface area contributed by atoms with Crippen molar-refractivity contribution in [2.75, 3.05) is 26.3 Å². The predicted octanol–water partition coefficient (Wildman–Crippen LogP) is 1.50. The van der Waals surface area contributed by atoms with Gasteiger partial charge in [0.2, 0.25) is 0 Å². The van der Waals surface area contributed by atoms with Crippen LogP contribution in [0.1, 0.15) is 19.1 Å². The lowest BCUT2D eigenvalue weighted by Gasteiger charge is -2.23. The maximum absolute atomic E-state index is 9.84. The molecule has 0 amide bonds. The van der Waals surface area contributed by atoms with E-state index in [1.807, 2.05) is 12.1 Å². The summed E-state index contributed by atoms with van der Waals surface area (Å²) < 4.78 is 10.4. The minimum Gasteiger partial charge on any atom is -0.468 e. The smallest absolute Gasteiger partial charge is 0.117 e. The highest BCUT2D eigenvalue weighted by atomic mass is 16.5. The molecule has 1 aromatic rings. The number of aliphatic hydroxyl groups excluding tert-OH is 1. The van der Waals surface area contributed by atoms with Gasteiger partial charge in [-0.3, -0.25) is 4.90 Å². The number of ether oxygens (including phenoxy) is 1. The molecule has 0 aliphatic heterocycles. The molecule has 0 saturated carbocycles. The molecular formula is C14H21NO3. The molecule has 0 saturated heterocycles. The van der Waals surface area contributed by atoms with Crippen LogP contribution >= 0.6 is 0 Å². The van der Waals surface area contributed by atoms with Gasteiger partial charge in [0.25, 0.3) is 0 Å². The number of hydrogen-bond acceptors (Lipinski definition) is 4. The Kier molecular flexibility index (Phi) is 7.19. The van der Waals surface area contributed by atoms with Crippen molar-refractivity contribution < 1.29 is 14.3 Å². The summed E-state index contributed by atoms with van der Waals surface area (Å²) >= 11 is 0. The fraction of sp³-hybridized carbons (Fsp3) is 0.571. The molecular weight excluding hydrogens is 230 g/mol. The molecule has 4 nitrogen and oxygen atoms in total. The first kappa shape index (κ1) is 14.8. The number of terminal acetylenes is 1. The van der Waals surface area contributed by atoms with E-state index in [1.54, 1.807) is 6.26 Å². The van der Waals surface area contributed by atoms with Crippen LogP contribution in [-0.2, 0) is 11.3 Å². The standard InChI is InChI=1S/C14H21NO3/c1-3-7-15(11-14-6-5-9-18-14)10-13(16)12-17-8-4-2/h2,5-6,9,13,16H,3,7-8,10-12H2,1H3. The Morgan fingerprint density at radius 3 is 3.06 bits per heavy atom. The van der Waals surface area contributed by atoms with Gasteiger partial charge in [0.15, 0.2) is 0 Å². The van der Waals surface area contributed by atoms with Gasteiger partial charge in [0, 0.05) is 6.54 Å². The Balaban J connectivity index is 2.35. The highest BCUT2D eigenvalue weighted by molar-refractivity contribution is 4.97. The molecule has 1 N–H and O–H groups in total. The zero-order valence-corrected chi connectivity index (χ0v) is 10.8. The van der Waals surface area contributed by atoms with Gasteiger partial charge >= 0.3 is 0 Å². The zero-order valence-electron chi connectivity index (χ0n) is 10.8. The molecule has 100 valence electrons.